The average molecular weight is 282 g/mol. The van der Waals surface area contributed by atoms with Gasteiger partial charge in [-0.25, -0.2) is 0 Å². The van der Waals surface area contributed by atoms with Crippen molar-refractivity contribution in [2.75, 3.05) is 7.05 Å². The molecule has 0 aliphatic rings. The Bertz CT molecular complexity index is 800. The van der Waals surface area contributed by atoms with Crippen molar-refractivity contribution < 1.29 is 4.79 Å². The van der Waals surface area contributed by atoms with Crippen LogP contribution >= 0.6 is 0 Å². The molecule has 0 aliphatic heterocycles. The number of aromatic amines is 1. The van der Waals surface area contributed by atoms with Gasteiger partial charge in [0, 0.05) is 43.3 Å². The summed E-state index contributed by atoms with van der Waals surface area (Å²) in [6, 6.07) is 8.02. The van der Waals surface area contributed by atoms with Gasteiger partial charge in [0.2, 0.25) is 0 Å². The number of H-pyrrole nitrogens is 1. The molecule has 0 spiro atoms. The summed E-state index contributed by atoms with van der Waals surface area (Å²) in [5.41, 5.74) is 3.79. The van der Waals surface area contributed by atoms with Crippen LogP contribution in [-0.2, 0) is 13.6 Å². The Kier molecular flexibility index (Phi) is 3.25. The van der Waals surface area contributed by atoms with Gasteiger partial charge in [0.15, 0.2) is 0 Å². The topological polar surface area (TPSA) is 53.9 Å². The van der Waals surface area contributed by atoms with Crippen LogP contribution in [0.15, 0.2) is 36.7 Å². The minimum absolute atomic E-state index is 0.0206. The molecule has 0 atom stereocenters. The average Bonchev–Trinajstić information content (AvgIpc) is 3.03. The third kappa shape index (κ3) is 2.67. The molecule has 0 bridgehead atoms. The number of amides is 1. The van der Waals surface area contributed by atoms with Gasteiger partial charge in [-0.15, -0.1) is 0 Å². The molecule has 2 aromatic heterocycles. The summed E-state index contributed by atoms with van der Waals surface area (Å²) in [5.74, 6) is -0.0206. The molecule has 0 saturated heterocycles. The van der Waals surface area contributed by atoms with Crippen molar-refractivity contribution in [2.45, 2.75) is 13.5 Å². The lowest BCUT2D eigenvalue weighted by atomic mass is 10.2. The summed E-state index contributed by atoms with van der Waals surface area (Å²) in [5, 5.41) is 5.17. The first-order valence-electron chi connectivity index (χ1n) is 6.85. The fourth-order valence-electron chi connectivity index (χ4n) is 2.46. The van der Waals surface area contributed by atoms with E-state index in [9.17, 15) is 4.79 Å². The van der Waals surface area contributed by atoms with Crippen LogP contribution in [0, 0.1) is 6.92 Å². The molecule has 5 nitrogen and oxygen atoms in total. The van der Waals surface area contributed by atoms with Gasteiger partial charge in [0.05, 0.1) is 6.20 Å². The molecule has 5 heteroatoms. The number of carbonyl (C=O) groups excluding carboxylic acids is 1. The molecule has 0 unspecified atom stereocenters. The minimum Gasteiger partial charge on any atom is -0.351 e. The maximum absolute atomic E-state index is 12.5. The number of rotatable bonds is 3. The summed E-state index contributed by atoms with van der Waals surface area (Å²) in [7, 11) is 3.66. The van der Waals surface area contributed by atoms with E-state index in [4.69, 9.17) is 0 Å². The zero-order chi connectivity index (χ0) is 15.0. The van der Waals surface area contributed by atoms with Gasteiger partial charge < -0.3 is 9.88 Å². The predicted octanol–water partition coefficient (Wildman–Crippen LogP) is 2.48. The van der Waals surface area contributed by atoms with Gasteiger partial charge >= 0.3 is 0 Å². The van der Waals surface area contributed by atoms with Gasteiger partial charge in [-0.3, -0.25) is 9.48 Å². The molecule has 1 amide bonds. The van der Waals surface area contributed by atoms with Crippen LogP contribution in [0.3, 0.4) is 0 Å². The standard InChI is InChI=1S/C16H18N4O/c1-11-4-5-13-7-15(18-14(13)6-11)16(21)19(2)9-12-8-17-20(3)10-12/h4-8,10,18H,9H2,1-3H3. The van der Waals surface area contributed by atoms with E-state index in [2.05, 4.69) is 10.1 Å². The van der Waals surface area contributed by atoms with Gasteiger partial charge in [-0.2, -0.15) is 5.10 Å². The maximum Gasteiger partial charge on any atom is 0.270 e. The van der Waals surface area contributed by atoms with Crippen molar-refractivity contribution in [2.24, 2.45) is 7.05 Å². The van der Waals surface area contributed by atoms with Crippen molar-refractivity contribution in [3.8, 4) is 0 Å². The Morgan fingerprint density at radius 1 is 1.38 bits per heavy atom. The highest BCUT2D eigenvalue weighted by atomic mass is 16.2. The number of aromatic nitrogens is 3. The maximum atomic E-state index is 12.5. The summed E-state index contributed by atoms with van der Waals surface area (Å²) < 4.78 is 1.74. The van der Waals surface area contributed by atoms with Gasteiger partial charge in [0.1, 0.15) is 5.69 Å². The Morgan fingerprint density at radius 2 is 2.19 bits per heavy atom. The second-order valence-electron chi connectivity index (χ2n) is 5.46. The second kappa shape index (κ2) is 5.09. The summed E-state index contributed by atoms with van der Waals surface area (Å²) >= 11 is 0. The van der Waals surface area contributed by atoms with E-state index >= 15 is 0 Å². The van der Waals surface area contributed by atoms with Crippen LogP contribution in [0.2, 0.25) is 0 Å². The number of benzene rings is 1. The molecule has 3 aromatic rings. The van der Waals surface area contributed by atoms with Gasteiger partial charge in [0.25, 0.3) is 5.91 Å². The highest BCUT2D eigenvalue weighted by Gasteiger charge is 2.15. The fourth-order valence-corrected chi connectivity index (χ4v) is 2.46. The van der Waals surface area contributed by atoms with Crippen molar-refractivity contribution in [1.29, 1.82) is 0 Å². The molecule has 1 N–H and O–H groups in total. The molecule has 0 radical (unpaired) electrons. The van der Waals surface area contributed by atoms with E-state index in [1.807, 2.05) is 44.4 Å². The highest BCUT2D eigenvalue weighted by Crippen LogP contribution is 2.18. The van der Waals surface area contributed by atoms with Crippen LogP contribution in [-0.4, -0.2) is 32.6 Å². The number of nitrogens with one attached hydrogen (secondary N) is 1. The molecule has 0 saturated carbocycles. The number of hydrogen-bond acceptors (Lipinski definition) is 2. The lowest BCUT2D eigenvalue weighted by Crippen LogP contribution is -2.26. The largest absolute Gasteiger partial charge is 0.351 e. The summed E-state index contributed by atoms with van der Waals surface area (Å²) in [4.78, 5) is 17.4. The molecule has 0 fully saturated rings. The van der Waals surface area contributed by atoms with Crippen LogP contribution in [0.1, 0.15) is 21.6 Å². The number of nitrogens with zero attached hydrogens (tertiary/aromatic N) is 3. The first kappa shape index (κ1) is 13.4. The number of carbonyl (C=O) groups is 1. The zero-order valence-corrected chi connectivity index (χ0v) is 12.4. The van der Waals surface area contributed by atoms with E-state index < -0.39 is 0 Å². The Morgan fingerprint density at radius 3 is 2.90 bits per heavy atom. The van der Waals surface area contributed by atoms with E-state index in [1.54, 1.807) is 22.8 Å². The monoisotopic (exact) mass is 282 g/mol. The molecule has 2 heterocycles. The van der Waals surface area contributed by atoms with E-state index in [0.717, 1.165) is 16.5 Å². The third-order valence-electron chi connectivity index (χ3n) is 3.53. The van der Waals surface area contributed by atoms with Gasteiger partial charge in [-0.1, -0.05) is 12.1 Å². The second-order valence-corrected chi connectivity index (χ2v) is 5.46. The lowest BCUT2D eigenvalue weighted by Gasteiger charge is -2.14. The SMILES string of the molecule is Cc1ccc2cc(C(=O)N(C)Cc3cnn(C)c3)[nH]c2c1. The van der Waals surface area contributed by atoms with Crippen LogP contribution in [0.25, 0.3) is 10.9 Å². The van der Waals surface area contributed by atoms with Crippen molar-refractivity contribution in [3.63, 3.8) is 0 Å². The number of fused-ring (bicyclic) bond motifs is 1. The molecule has 1 aromatic carbocycles. The fraction of sp³-hybridized carbons (Fsp3) is 0.250. The quantitative estimate of drug-likeness (QED) is 0.802. The number of hydrogen-bond donors (Lipinski definition) is 1. The number of aryl methyl sites for hydroxylation is 2. The molecular formula is C16H18N4O. The Labute approximate surface area is 123 Å². The van der Waals surface area contributed by atoms with Crippen LogP contribution < -0.4 is 0 Å². The van der Waals surface area contributed by atoms with Crippen molar-refractivity contribution >= 4 is 16.8 Å². The highest BCUT2D eigenvalue weighted by molar-refractivity contribution is 5.98. The van der Waals surface area contributed by atoms with E-state index in [0.29, 0.717) is 12.2 Å². The Hall–Kier alpha value is -2.56. The summed E-state index contributed by atoms with van der Waals surface area (Å²) in [6.45, 7) is 2.58. The van der Waals surface area contributed by atoms with E-state index in [-0.39, 0.29) is 5.91 Å². The normalized spacial score (nSPS) is 11.0. The van der Waals surface area contributed by atoms with E-state index in [1.165, 1.54) is 5.56 Å². The molecule has 3 rings (SSSR count). The zero-order valence-electron chi connectivity index (χ0n) is 12.4. The molecule has 0 aliphatic carbocycles. The molecule has 21 heavy (non-hydrogen) atoms. The first-order chi connectivity index (χ1) is 10.0. The smallest absolute Gasteiger partial charge is 0.270 e. The summed E-state index contributed by atoms with van der Waals surface area (Å²) in [6.07, 6.45) is 3.69. The third-order valence-corrected chi connectivity index (χ3v) is 3.53. The Balaban J connectivity index is 1.82. The minimum atomic E-state index is -0.0206. The molecular weight excluding hydrogens is 264 g/mol. The first-order valence-corrected chi connectivity index (χ1v) is 6.85. The predicted molar refractivity (Wildman–Crippen MR) is 82.0 cm³/mol. The van der Waals surface area contributed by atoms with Crippen LogP contribution in [0.5, 0.6) is 0 Å². The van der Waals surface area contributed by atoms with Gasteiger partial charge in [-0.05, 0) is 24.6 Å². The lowest BCUT2D eigenvalue weighted by molar-refractivity contribution is 0.0780. The molecule has 108 valence electrons. The van der Waals surface area contributed by atoms with Crippen molar-refractivity contribution in [3.05, 3.63) is 53.5 Å². The van der Waals surface area contributed by atoms with Crippen molar-refractivity contribution in [1.82, 2.24) is 19.7 Å². The van der Waals surface area contributed by atoms with Crippen LogP contribution in [0.4, 0.5) is 0 Å².